The molecule has 9 heteroatoms. The molecular formula is C19H27N5O3S. The molecule has 2 aromatic rings. The number of rotatable bonds is 7. The molecule has 2 amide bonds. The predicted molar refractivity (Wildman–Crippen MR) is 109 cm³/mol. The summed E-state index contributed by atoms with van der Waals surface area (Å²) in [4.78, 5) is 29.8. The fraction of sp³-hybridized carbons (Fsp3) is 0.579. The molecule has 0 aliphatic heterocycles. The van der Waals surface area contributed by atoms with Crippen LogP contribution in [0, 0.1) is 0 Å². The number of nitrogens with one attached hydrogen (secondary N) is 2. The second-order valence-electron chi connectivity index (χ2n) is 7.33. The zero-order valence-electron chi connectivity index (χ0n) is 17.0. The van der Waals surface area contributed by atoms with Crippen LogP contribution in [0.3, 0.4) is 0 Å². The highest BCUT2D eigenvalue weighted by atomic mass is 32.1. The average Bonchev–Trinajstić information content (AvgIpc) is 3.19. The van der Waals surface area contributed by atoms with Gasteiger partial charge in [-0.2, -0.15) is 5.10 Å². The third-order valence-corrected chi connectivity index (χ3v) is 5.67. The third kappa shape index (κ3) is 3.95. The Morgan fingerprint density at radius 3 is 2.79 bits per heavy atom. The predicted octanol–water partition coefficient (Wildman–Crippen LogP) is 2.97. The van der Waals surface area contributed by atoms with E-state index in [0.717, 1.165) is 28.2 Å². The van der Waals surface area contributed by atoms with Gasteiger partial charge in [0.15, 0.2) is 10.8 Å². The first-order chi connectivity index (χ1) is 13.3. The van der Waals surface area contributed by atoms with Crippen LogP contribution in [0.25, 0.3) is 10.6 Å². The second kappa shape index (κ2) is 8.40. The number of hydrogen-bond acceptors (Lipinski definition) is 6. The van der Waals surface area contributed by atoms with Gasteiger partial charge in [0.25, 0.3) is 5.91 Å². The van der Waals surface area contributed by atoms with Gasteiger partial charge < -0.3 is 15.4 Å². The van der Waals surface area contributed by atoms with E-state index in [0.29, 0.717) is 30.4 Å². The van der Waals surface area contributed by atoms with Gasteiger partial charge in [-0.25, -0.2) is 4.98 Å². The van der Waals surface area contributed by atoms with E-state index in [2.05, 4.69) is 27.6 Å². The molecule has 0 saturated heterocycles. The third-order valence-electron chi connectivity index (χ3n) is 4.65. The number of aromatic nitrogens is 3. The number of hydrogen-bond donors (Lipinski definition) is 2. The maximum Gasteiger partial charge on any atom is 0.272 e. The molecule has 152 valence electrons. The van der Waals surface area contributed by atoms with Gasteiger partial charge in [0.05, 0.1) is 16.3 Å². The van der Waals surface area contributed by atoms with E-state index in [1.54, 1.807) is 7.11 Å². The molecule has 0 saturated carbocycles. The van der Waals surface area contributed by atoms with E-state index in [9.17, 15) is 9.59 Å². The standard InChI is InChI=1S/C19H27N5O3S/c1-10(2)24-16-14(15(23-24)18(26)20-7-6-8-27-5)11(3)9-13-17(16)28-19(22-13)21-12(4)25/h10-11H,6-9H2,1-5H3,(H,20,26)(H,21,22,25). The molecule has 0 spiro atoms. The summed E-state index contributed by atoms with van der Waals surface area (Å²) >= 11 is 1.44. The van der Waals surface area contributed by atoms with Crippen LogP contribution >= 0.6 is 11.3 Å². The minimum atomic E-state index is -0.159. The van der Waals surface area contributed by atoms with Crippen LogP contribution < -0.4 is 10.6 Å². The molecule has 8 nitrogen and oxygen atoms in total. The number of methoxy groups -OCH3 is 1. The highest BCUT2D eigenvalue weighted by Crippen LogP contribution is 2.46. The monoisotopic (exact) mass is 405 g/mol. The Morgan fingerprint density at radius 1 is 1.39 bits per heavy atom. The van der Waals surface area contributed by atoms with Crippen molar-refractivity contribution in [3.8, 4) is 10.6 Å². The quantitative estimate of drug-likeness (QED) is 0.690. The summed E-state index contributed by atoms with van der Waals surface area (Å²) in [5, 5.41) is 11.0. The van der Waals surface area contributed by atoms with Crippen LogP contribution in [0.5, 0.6) is 0 Å². The fourth-order valence-electron chi connectivity index (χ4n) is 3.46. The molecule has 0 fully saturated rings. The van der Waals surface area contributed by atoms with Gasteiger partial charge >= 0.3 is 0 Å². The summed E-state index contributed by atoms with van der Waals surface area (Å²) in [5.74, 6) is -0.191. The molecule has 28 heavy (non-hydrogen) atoms. The molecule has 0 bridgehead atoms. The van der Waals surface area contributed by atoms with Crippen molar-refractivity contribution >= 4 is 28.3 Å². The number of nitrogens with zero attached hydrogens (tertiary/aromatic N) is 3. The summed E-state index contributed by atoms with van der Waals surface area (Å²) in [6.45, 7) is 8.80. The maximum atomic E-state index is 12.8. The lowest BCUT2D eigenvalue weighted by molar-refractivity contribution is -0.114. The molecular weight excluding hydrogens is 378 g/mol. The van der Waals surface area contributed by atoms with Crippen molar-refractivity contribution in [1.29, 1.82) is 0 Å². The summed E-state index contributed by atoms with van der Waals surface area (Å²) in [6, 6.07) is 0.0910. The molecule has 3 rings (SSSR count). The first kappa shape index (κ1) is 20.5. The molecule has 2 aromatic heterocycles. The van der Waals surface area contributed by atoms with Crippen molar-refractivity contribution in [2.24, 2.45) is 0 Å². The Hall–Kier alpha value is -2.26. The van der Waals surface area contributed by atoms with Crippen molar-refractivity contribution in [2.75, 3.05) is 25.6 Å². The molecule has 2 N–H and O–H groups in total. The fourth-order valence-corrected chi connectivity index (χ4v) is 4.55. The topological polar surface area (TPSA) is 98.1 Å². The molecule has 2 heterocycles. The normalized spacial score (nSPS) is 15.3. The van der Waals surface area contributed by atoms with Gasteiger partial charge in [-0.15, -0.1) is 0 Å². The Labute approximate surface area is 168 Å². The zero-order chi connectivity index (χ0) is 20.4. The molecule has 0 aromatic carbocycles. The van der Waals surface area contributed by atoms with E-state index >= 15 is 0 Å². The van der Waals surface area contributed by atoms with Crippen LogP contribution in [-0.4, -0.2) is 46.8 Å². The minimum Gasteiger partial charge on any atom is -0.385 e. The Morgan fingerprint density at radius 2 is 2.14 bits per heavy atom. The smallest absolute Gasteiger partial charge is 0.272 e. The molecule has 0 radical (unpaired) electrons. The van der Waals surface area contributed by atoms with E-state index in [1.165, 1.54) is 18.3 Å². The maximum absolute atomic E-state index is 12.8. The Bertz CT molecular complexity index is 887. The average molecular weight is 406 g/mol. The van der Waals surface area contributed by atoms with Gasteiger partial charge in [0.2, 0.25) is 5.91 Å². The number of fused-ring (bicyclic) bond motifs is 3. The Kier molecular flexibility index (Phi) is 6.14. The first-order valence-electron chi connectivity index (χ1n) is 9.50. The first-order valence-corrected chi connectivity index (χ1v) is 10.3. The van der Waals surface area contributed by atoms with Crippen LogP contribution in [0.4, 0.5) is 5.13 Å². The lowest BCUT2D eigenvalue weighted by atomic mass is 9.87. The molecule has 1 aliphatic carbocycles. The number of thiazole rings is 1. The SMILES string of the molecule is COCCCNC(=O)c1nn(C(C)C)c2c1C(C)Cc1nc(NC(C)=O)sc1-2. The lowest BCUT2D eigenvalue weighted by Crippen LogP contribution is -2.27. The largest absolute Gasteiger partial charge is 0.385 e. The lowest BCUT2D eigenvalue weighted by Gasteiger charge is -2.20. The summed E-state index contributed by atoms with van der Waals surface area (Å²) in [5.41, 5.74) is 3.33. The van der Waals surface area contributed by atoms with Gasteiger partial charge in [-0.1, -0.05) is 18.3 Å². The minimum absolute atomic E-state index is 0.0910. The number of amides is 2. The van der Waals surface area contributed by atoms with Gasteiger partial charge in [-0.05, 0) is 32.6 Å². The van der Waals surface area contributed by atoms with Crippen molar-refractivity contribution in [1.82, 2.24) is 20.1 Å². The number of carbonyl (C=O) groups is 2. The van der Waals surface area contributed by atoms with E-state index in [1.807, 2.05) is 18.5 Å². The Balaban J connectivity index is 2.01. The highest BCUT2D eigenvalue weighted by Gasteiger charge is 2.35. The van der Waals surface area contributed by atoms with Gasteiger partial charge in [0.1, 0.15) is 0 Å². The molecule has 1 unspecified atom stereocenters. The van der Waals surface area contributed by atoms with Crippen molar-refractivity contribution in [2.45, 2.75) is 52.5 Å². The van der Waals surface area contributed by atoms with Crippen LogP contribution in [-0.2, 0) is 16.0 Å². The number of anilines is 1. The molecule has 1 atom stereocenters. The van der Waals surface area contributed by atoms with Gasteiger partial charge in [0, 0.05) is 38.8 Å². The van der Waals surface area contributed by atoms with Crippen LogP contribution in [0.2, 0.25) is 0 Å². The molecule has 1 aliphatic rings. The number of carbonyl (C=O) groups excluding carboxylic acids is 2. The van der Waals surface area contributed by atoms with Crippen LogP contribution in [0.1, 0.15) is 67.8 Å². The van der Waals surface area contributed by atoms with Gasteiger partial charge in [-0.3, -0.25) is 14.3 Å². The zero-order valence-corrected chi connectivity index (χ0v) is 17.8. The van der Waals surface area contributed by atoms with Crippen molar-refractivity contribution in [3.05, 3.63) is 17.0 Å². The second-order valence-corrected chi connectivity index (χ2v) is 8.33. The van der Waals surface area contributed by atoms with E-state index < -0.39 is 0 Å². The van der Waals surface area contributed by atoms with E-state index in [-0.39, 0.29) is 23.8 Å². The van der Waals surface area contributed by atoms with Crippen molar-refractivity contribution < 1.29 is 14.3 Å². The van der Waals surface area contributed by atoms with E-state index in [4.69, 9.17) is 4.74 Å². The number of ether oxygens (including phenoxy) is 1. The summed E-state index contributed by atoms with van der Waals surface area (Å²) < 4.78 is 6.94. The summed E-state index contributed by atoms with van der Waals surface area (Å²) in [7, 11) is 1.64. The summed E-state index contributed by atoms with van der Waals surface area (Å²) in [6.07, 6.45) is 1.47. The van der Waals surface area contributed by atoms with Crippen molar-refractivity contribution in [3.63, 3.8) is 0 Å². The highest BCUT2D eigenvalue weighted by molar-refractivity contribution is 7.19. The van der Waals surface area contributed by atoms with Crippen LogP contribution in [0.15, 0.2) is 0 Å².